The summed E-state index contributed by atoms with van der Waals surface area (Å²) in [4.78, 5) is 21.7. The van der Waals surface area contributed by atoms with E-state index in [1.165, 1.54) is 17.4 Å². The van der Waals surface area contributed by atoms with E-state index in [1.807, 2.05) is 29.2 Å². The molecule has 0 N–H and O–H groups in total. The van der Waals surface area contributed by atoms with Crippen LogP contribution in [0.15, 0.2) is 54.7 Å². The first-order chi connectivity index (χ1) is 13.7. The Balaban J connectivity index is 1.41. The fourth-order valence-corrected chi connectivity index (χ4v) is 4.16. The average Bonchev–Trinajstić information content (AvgIpc) is 3.24. The van der Waals surface area contributed by atoms with Gasteiger partial charge in [0.05, 0.1) is 13.3 Å². The Hall–Kier alpha value is -2.93. The molecule has 1 aliphatic rings. The largest absolute Gasteiger partial charge is 0.497 e. The number of halogens is 1. The highest BCUT2D eigenvalue weighted by Crippen LogP contribution is 2.28. The molecule has 0 bridgehead atoms. The normalized spacial score (nSPS) is 14.2. The van der Waals surface area contributed by atoms with Gasteiger partial charge in [0.15, 0.2) is 0 Å². The zero-order valence-corrected chi connectivity index (χ0v) is 16.3. The fourth-order valence-electron chi connectivity index (χ4n) is 3.25. The Labute approximate surface area is 167 Å². The number of amides is 1. The van der Waals surface area contributed by atoms with E-state index in [0.717, 1.165) is 24.5 Å². The summed E-state index contributed by atoms with van der Waals surface area (Å²) < 4.78 is 19.1. The van der Waals surface area contributed by atoms with Crippen LogP contribution in [0.3, 0.4) is 0 Å². The van der Waals surface area contributed by atoms with Crippen LogP contribution in [0.2, 0.25) is 0 Å². The summed E-state index contributed by atoms with van der Waals surface area (Å²) in [5.74, 6) is 0.451. The van der Waals surface area contributed by atoms with Crippen LogP contribution in [0.25, 0.3) is 10.6 Å². The van der Waals surface area contributed by atoms with Crippen LogP contribution in [0.1, 0.15) is 9.67 Å². The molecule has 1 aliphatic heterocycles. The SMILES string of the molecule is COc1ccc(N2CCN(C(=O)c3cnc(-c4ccccc4F)s3)CC2)cc1. The van der Waals surface area contributed by atoms with Crippen molar-refractivity contribution >= 4 is 22.9 Å². The molecule has 5 nitrogen and oxygen atoms in total. The van der Waals surface area contributed by atoms with E-state index in [-0.39, 0.29) is 11.7 Å². The van der Waals surface area contributed by atoms with Gasteiger partial charge in [-0.15, -0.1) is 11.3 Å². The lowest BCUT2D eigenvalue weighted by molar-refractivity contribution is 0.0751. The molecule has 28 heavy (non-hydrogen) atoms. The third-order valence-corrected chi connectivity index (χ3v) is 5.84. The average molecular weight is 397 g/mol. The van der Waals surface area contributed by atoms with Gasteiger partial charge in [-0.25, -0.2) is 9.37 Å². The first kappa shape index (κ1) is 18.4. The van der Waals surface area contributed by atoms with E-state index in [0.29, 0.717) is 28.5 Å². The number of hydrogen-bond acceptors (Lipinski definition) is 5. The number of benzene rings is 2. The van der Waals surface area contributed by atoms with Crippen LogP contribution in [-0.2, 0) is 0 Å². The number of aromatic nitrogens is 1. The first-order valence-corrected chi connectivity index (χ1v) is 9.86. The number of thiazole rings is 1. The quantitative estimate of drug-likeness (QED) is 0.669. The number of rotatable bonds is 4. The van der Waals surface area contributed by atoms with Gasteiger partial charge in [-0.2, -0.15) is 0 Å². The van der Waals surface area contributed by atoms with Gasteiger partial charge in [0, 0.05) is 37.4 Å². The monoisotopic (exact) mass is 397 g/mol. The number of methoxy groups -OCH3 is 1. The highest BCUT2D eigenvalue weighted by molar-refractivity contribution is 7.16. The summed E-state index contributed by atoms with van der Waals surface area (Å²) >= 11 is 1.23. The number of piperazine rings is 1. The van der Waals surface area contributed by atoms with Gasteiger partial charge in [0.2, 0.25) is 0 Å². The lowest BCUT2D eigenvalue weighted by Gasteiger charge is -2.36. The van der Waals surface area contributed by atoms with Crippen LogP contribution in [0.5, 0.6) is 5.75 Å². The molecule has 2 heterocycles. The van der Waals surface area contributed by atoms with Crippen molar-refractivity contribution < 1.29 is 13.9 Å². The molecular formula is C21H20FN3O2S. The topological polar surface area (TPSA) is 45.7 Å². The third kappa shape index (κ3) is 3.71. The Kier molecular flexibility index (Phi) is 5.25. The number of carbonyl (C=O) groups excluding carboxylic acids is 1. The maximum atomic E-state index is 14.0. The summed E-state index contributed by atoms with van der Waals surface area (Å²) in [6.45, 7) is 2.80. The minimum absolute atomic E-state index is 0.0468. The molecular weight excluding hydrogens is 377 g/mol. The lowest BCUT2D eigenvalue weighted by atomic mass is 10.2. The second kappa shape index (κ2) is 7.98. The predicted octanol–water partition coefficient (Wildman–Crippen LogP) is 3.92. The van der Waals surface area contributed by atoms with Gasteiger partial charge in [-0.3, -0.25) is 4.79 Å². The molecule has 1 aromatic heterocycles. The van der Waals surface area contributed by atoms with E-state index in [2.05, 4.69) is 9.88 Å². The number of carbonyl (C=O) groups is 1. The molecule has 0 radical (unpaired) electrons. The van der Waals surface area contributed by atoms with Crippen LogP contribution >= 0.6 is 11.3 Å². The van der Waals surface area contributed by atoms with E-state index in [4.69, 9.17) is 4.74 Å². The van der Waals surface area contributed by atoms with E-state index in [1.54, 1.807) is 31.5 Å². The Morgan fingerprint density at radius 1 is 1.07 bits per heavy atom. The molecule has 0 spiro atoms. The smallest absolute Gasteiger partial charge is 0.265 e. The van der Waals surface area contributed by atoms with E-state index >= 15 is 0 Å². The van der Waals surface area contributed by atoms with Crippen molar-refractivity contribution in [3.63, 3.8) is 0 Å². The van der Waals surface area contributed by atoms with Gasteiger partial charge in [-0.05, 0) is 36.4 Å². The maximum absolute atomic E-state index is 14.0. The zero-order valence-electron chi connectivity index (χ0n) is 15.5. The Bertz CT molecular complexity index is 966. The molecule has 4 rings (SSSR count). The Morgan fingerprint density at radius 2 is 1.79 bits per heavy atom. The third-order valence-electron chi connectivity index (χ3n) is 4.83. The zero-order chi connectivity index (χ0) is 19.5. The minimum Gasteiger partial charge on any atom is -0.497 e. The van der Waals surface area contributed by atoms with Gasteiger partial charge >= 0.3 is 0 Å². The van der Waals surface area contributed by atoms with E-state index in [9.17, 15) is 9.18 Å². The molecule has 1 fully saturated rings. The number of ether oxygens (including phenoxy) is 1. The fraction of sp³-hybridized carbons (Fsp3) is 0.238. The highest BCUT2D eigenvalue weighted by atomic mass is 32.1. The lowest BCUT2D eigenvalue weighted by Crippen LogP contribution is -2.48. The highest BCUT2D eigenvalue weighted by Gasteiger charge is 2.24. The second-order valence-electron chi connectivity index (χ2n) is 6.49. The van der Waals surface area contributed by atoms with Crippen molar-refractivity contribution in [1.82, 2.24) is 9.88 Å². The summed E-state index contributed by atoms with van der Waals surface area (Å²) in [5, 5.41) is 0.526. The second-order valence-corrected chi connectivity index (χ2v) is 7.52. The van der Waals surface area contributed by atoms with Crippen LogP contribution < -0.4 is 9.64 Å². The van der Waals surface area contributed by atoms with Gasteiger partial charge in [-0.1, -0.05) is 12.1 Å². The first-order valence-electron chi connectivity index (χ1n) is 9.05. The predicted molar refractivity (Wildman–Crippen MR) is 109 cm³/mol. The van der Waals surface area contributed by atoms with Gasteiger partial charge in [0.1, 0.15) is 21.5 Å². The summed E-state index contributed by atoms with van der Waals surface area (Å²) in [5.41, 5.74) is 1.54. The standard InChI is InChI=1S/C21H20FN3O2S/c1-27-16-8-6-15(7-9-16)24-10-12-25(13-11-24)21(26)19-14-23-20(28-19)17-4-2-3-5-18(17)22/h2-9,14H,10-13H2,1H3. The molecule has 0 atom stereocenters. The van der Waals surface area contributed by atoms with Crippen molar-refractivity contribution in [1.29, 1.82) is 0 Å². The molecule has 2 aromatic carbocycles. The molecule has 1 saturated heterocycles. The van der Waals surface area contributed by atoms with Crippen molar-refractivity contribution in [2.24, 2.45) is 0 Å². The number of nitrogens with zero attached hydrogens (tertiary/aromatic N) is 3. The summed E-state index contributed by atoms with van der Waals surface area (Å²) in [7, 11) is 1.65. The van der Waals surface area contributed by atoms with Crippen molar-refractivity contribution in [3.05, 3.63) is 65.4 Å². The number of hydrogen-bond donors (Lipinski definition) is 0. The van der Waals surface area contributed by atoms with Crippen LogP contribution in [0, 0.1) is 5.82 Å². The van der Waals surface area contributed by atoms with Crippen molar-refractivity contribution in [3.8, 4) is 16.3 Å². The molecule has 0 unspecified atom stereocenters. The molecule has 0 saturated carbocycles. The maximum Gasteiger partial charge on any atom is 0.265 e. The minimum atomic E-state index is -0.330. The summed E-state index contributed by atoms with van der Waals surface area (Å²) in [6.07, 6.45) is 1.55. The van der Waals surface area contributed by atoms with Gasteiger partial charge < -0.3 is 14.5 Å². The molecule has 1 amide bonds. The molecule has 7 heteroatoms. The number of anilines is 1. The molecule has 144 valence electrons. The summed E-state index contributed by atoms with van der Waals surface area (Å²) in [6, 6.07) is 14.4. The van der Waals surface area contributed by atoms with E-state index < -0.39 is 0 Å². The molecule has 3 aromatic rings. The van der Waals surface area contributed by atoms with Crippen molar-refractivity contribution in [2.45, 2.75) is 0 Å². The van der Waals surface area contributed by atoms with Crippen LogP contribution in [-0.4, -0.2) is 49.1 Å². The molecule has 0 aliphatic carbocycles. The van der Waals surface area contributed by atoms with Crippen molar-refractivity contribution in [2.75, 3.05) is 38.2 Å². The Morgan fingerprint density at radius 3 is 2.46 bits per heavy atom. The van der Waals surface area contributed by atoms with Crippen LogP contribution in [0.4, 0.5) is 10.1 Å². The van der Waals surface area contributed by atoms with Gasteiger partial charge in [0.25, 0.3) is 5.91 Å².